The van der Waals surface area contributed by atoms with Crippen molar-refractivity contribution < 1.29 is 4.74 Å². The lowest BCUT2D eigenvalue weighted by Crippen LogP contribution is -2.58. The van der Waals surface area contributed by atoms with Crippen LogP contribution in [0, 0.1) is 6.92 Å². The van der Waals surface area contributed by atoms with Gasteiger partial charge in [-0.25, -0.2) is 0 Å². The number of fused-ring (bicyclic) bond motifs is 2. The van der Waals surface area contributed by atoms with Crippen molar-refractivity contribution in [3.05, 3.63) is 24.0 Å². The van der Waals surface area contributed by atoms with Crippen LogP contribution in [0.4, 0.5) is 5.69 Å². The molecule has 2 atom stereocenters. The van der Waals surface area contributed by atoms with Gasteiger partial charge in [0, 0.05) is 32.4 Å². The predicted molar refractivity (Wildman–Crippen MR) is 67.3 cm³/mol. The monoisotopic (exact) mass is 233 g/mol. The fraction of sp³-hybridized carbons (Fsp3) is 0.615. The Morgan fingerprint density at radius 3 is 2.53 bits per heavy atom. The Labute approximate surface area is 102 Å². The summed E-state index contributed by atoms with van der Waals surface area (Å²) in [7, 11) is 2.17. The minimum absolute atomic E-state index is 0.341. The van der Waals surface area contributed by atoms with Crippen LogP contribution in [0.1, 0.15) is 5.56 Å². The van der Waals surface area contributed by atoms with E-state index in [0.29, 0.717) is 12.2 Å². The van der Waals surface area contributed by atoms with E-state index in [0.717, 1.165) is 26.2 Å². The molecule has 0 spiro atoms. The average Bonchev–Trinajstić information content (AvgIpc) is 2.27. The van der Waals surface area contributed by atoms with Gasteiger partial charge in [-0.3, -0.25) is 4.98 Å². The van der Waals surface area contributed by atoms with E-state index in [2.05, 4.69) is 34.8 Å². The lowest BCUT2D eigenvalue weighted by atomic mass is 10.1. The van der Waals surface area contributed by atoms with Gasteiger partial charge in [-0.1, -0.05) is 0 Å². The first-order chi connectivity index (χ1) is 8.20. The van der Waals surface area contributed by atoms with Gasteiger partial charge in [-0.15, -0.1) is 0 Å². The minimum Gasteiger partial charge on any atom is -0.369 e. The number of hydrogen-bond acceptors (Lipinski definition) is 4. The highest BCUT2D eigenvalue weighted by Crippen LogP contribution is 2.23. The van der Waals surface area contributed by atoms with E-state index in [-0.39, 0.29) is 0 Å². The average molecular weight is 233 g/mol. The highest BCUT2D eigenvalue weighted by atomic mass is 16.5. The molecule has 1 aromatic rings. The standard InChI is InChI=1S/C13H19N3O/c1-10-3-11(5-14-4-10)16-8-12-6-15(2)7-13(9-16)17-12/h3-5,12-13H,6-9H2,1-2H3. The summed E-state index contributed by atoms with van der Waals surface area (Å²) in [6.45, 7) is 6.11. The van der Waals surface area contributed by atoms with Crippen LogP contribution >= 0.6 is 0 Å². The largest absolute Gasteiger partial charge is 0.369 e. The number of hydrogen-bond donors (Lipinski definition) is 0. The molecule has 2 bridgehead atoms. The summed E-state index contributed by atoms with van der Waals surface area (Å²) < 4.78 is 5.97. The van der Waals surface area contributed by atoms with Crippen molar-refractivity contribution in [1.82, 2.24) is 9.88 Å². The Hall–Kier alpha value is -1.13. The van der Waals surface area contributed by atoms with E-state index in [4.69, 9.17) is 4.74 Å². The summed E-state index contributed by atoms with van der Waals surface area (Å²) in [5.74, 6) is 0. The molecule has 2 aliphatic heterocycles. The first-order valence-corrected chi connectivity index (χ1v) is 6.21. The number of pyridine rings is 1. The molecule has 2 unspecified atom stereocenters. The molecular formula is C13H19N3O. The number of ether oxygens (including phenoxy) is 1. The normalized spacial score (nSPS) is 29.4. The second kappa shape index (κ2) is 4.27. The number of morpholine rings is 2. The molecule has 4 nitrogen and oxygen atoms in total. The third-order valence-electron chi connectivity index (χ3n) is 3.49. The number of rotatable bonds is 1. The zero-order valence-corrected chi connectivity index (χ0v) is 10.5. The highest BCUT2D eigenvalue weighted by Gasteiger charge is 2.33. The quantitative estimate of drug-likeness (QED) is 0.721. The fourth-order valence-corrected chi connectivity index (χ4v) is 2.82. The van der Waals surface area contributed by atoms with Crippen LogP contribution in [-0.4, -0.2) is 55.3 Å². The maximum atomic E-state index is 5.97. The van der Waals surface area contributed by atoms with Crippen molar-refractivity contribution in [2.45, 2.75) is 19.1 Å². The molecule has 0 N–H and O–H groups in total. The number of nitrogens with zero attached hydrogens (tertiary/aromatic N) is 3. The Morgan fingerprint density at radius 1 is 1.18 bits per heavy atom. The molecule has 4 heteroatoms. The SMILES string of the molecule is Cc1cncc(N2CC3CN(C)CC(C2)O3)c1. The van der Waals surface area contributed by atoms with Crippen LogP contribution < -0.4 is 4.90 Å². The third kappa shape index (κ3) is 2.28. The van der Waals surface area contributed by atoms with Crippen molar-refractivity contribution >= 4 is 5.69 Å². The van der Waals surface area contributed by atoms with Gasteiger partial charge < -0.3 is 14.5 Å². The molecule has 0 saturated carbocycles. The molecule has 0 aliphatic carbocycles. The van der Waals surface area contributed by atoms with Gasteiger partial charge in [0.05, 0.1) is 24.1 Å². The molecule has 0 radical (unpaired) electrons. The molecule has 17 heavy (non-hydrogen) atoms. The molecule has 2 aliphatic rings. The van der Waals surface area contributed by atoms with Gasteiger partial charge in [0.1, 0.15) is 0 Å². The van der Waals surface area contributed by atoms with Crippen molar-refractivity contribution in [2.24, 2.45) is 0 Å². The zero-order valence-electron chi connectivity index (χ0n) is 10.5. The zero-order chi connectivity index (χ0) is 11.8. The number of likely N-dealkylation sites (N-methyl/N-ethyl adjacent to an activating group) is 1. The maximum Gasteiger partial charge on any atom is 0.0881 e. The van der Waals surface area contributed by atoms with Crippen LogP contribution in [0.15, 0.2) is 18.5 Å². The Kier molecular flexibility index (Phi) is 2.76. The minimum atomic E-state index is 0.341. The van der Waals surface area contributed by atoms with E-state index in [1.165, 1.54) is 11.3 Å². The number of anilines is 1. The van der Waals surface area contributed by atoms with Gasteiger partial charge in [-0.05, 0) is 25.6 Å². The topological polar surface area (TPSA) is 28.6 Å². The van der Waals surface area contributed by atoms with Crippen molar-refractivity contribution in [1.29, 1.82) is 0 Å². The summed E-state index contributed by atoms with van der Waals surface area (Å²) in [5, 5.41) is 0. The number of aryl methyl sites for hydroxylation is 1. The second-order valence-electron chi connectivity index (χ2n) is 5.23. The van der Waals surface area contributed by atoms with Gasteiger partial charge in [-0.2, -0.15) is 0 Å². The lowest BCUT2D eigenvalue weighted by Gasteiger charge is -2.45. The second-order valence-corrected chi connectivity index (χ2v) is 5.23. The Balaban J connectivity index is 1.78. The van der Waals surface area contributed by atoms with E-state index in [1.807, 2.05) is 12.4 Å². The van der Waals surface area contributed by atoms with Gasteiger partial charge in [0.25, 0.3) is 0 Å². The van der Waals surface area contributed by atoms with Crippen LogP contribution in [0.2, 0.25) is 0 Å². The van der Waals surface area contributed by atoms with Crippen LogP contribution in [0.5, 0.6) is 0 Å². The molecule has 2 fully saturated rings. The third-order valence-corrected chi connectivity index (χ3v) is 3.49. The van der Waals surface area contributed by atoms with Gasteiger partial charge in [0.15, 0.2) is 0 Å². The molecule has 3 heterocycles. The van der Waals surface area contributed by atoms with Gasteiger partial charge >= 0.3 is 0 Å². The molecule has 1 aromatic heterocycles. The van der Waals surface area contributed by atoms with E-state index in [1.54, 1.807) is 0 Å². The van der Waals surface area contributed by atoms with Crippen LogP contribution in [-0.2, 0) is 4.74 Å². The molecular weight excluding hydrogens is 214 g/mol. The smallest absolute Gasteiger partial charge is 0.0881 e. The van der Waals surface area contributed by atoms with E-state index >= 15 is 0 Å². The van der Waals surface area contributed by atoms with Gasteiger partial charge in [0.2, 0.25) is 0 Å². The summed E-state index contributed by atoms with van der Waals surface area (Å²) in [6.07, 6.45) is 4.54. The molecule has 92 valence electrons. The number of aromatic nitrogens is 1. The summed E-state index contributed by atoms with van der Waals surface area (Å²) in [4.78, 5) is 9.05. The van der Waals surface area contributed by atoms with Crippen molar-refractivity contribution in [3.8, 4) is 0 Å². The molecule has 2 saturated heterocycles. The Bertz CT molecular complexity index is 391. The Morgan fingerprint density at radius 2 is 1.88 bits per heavy atom. The van der Waals surface area contributed by atoms with Crippen molar-refractivity contribution in [2.75, 3.05) is 38.1 Å². The highest BCUT2D eigenvalue weighted by molar-refractivity contribution is 5.46. The molecule has 0 amide bonds. The fourth-order valence-electron chi connectivity index (χ4n) is 2.82. The first-order valence-electron chi connectivity index (χ1n) is 6.21. The van der Waals surface area contributed by atoms with Crippen LogP contribution in [0.3, 0.4) is 0 Å². The maximum absolute atomic E-state index is 5.97. The molecule has 3 rings (SSSR count). The van der Waals surface area contributed by atoms with E-state index < -0.39 is 0 Å². The lowest BCUT2D eigenvalue weighted by molar-refractivity contribution is -0.0875. The first kappa shape index (κ1) is 11.0. The summed E-state index contributed by atoms with van der Waals surface area (Å²) in [6, 6.07) is 2.21. The van der Waals surface area contributed by atoms with Crippen LogP contribution in [0.25, 0.3) is 0 Å². The summed E-state index contributed by atoms with van der Waals surface area (Å²) >= 11 is 0. The van der Waals surface area contributed by atoms with Crippen molar-refractivity contribution in [3.63, 3.8) is 0 Å². The summed E-state index contributed by atoms with van der Waals surface area (Å²) in [5.41, 5.74) is 2.45. The predicted octanol–water partition coefficient (Wildman–Crippen LogP) is 0.909. The molecule has 0 aromatic carbocycles. The van der Waals surface area contributed by atoms with E-state index in [9.17, 15) is 0 Å².